The molecule has 0 aliphatic carbocycles. The predicted octanol–water partition coefficient (Wildman–Crippen LogP) is 3.68. The molecule has 1 amide bonds. The van der Waals surface area contributed by atoms with Crippen LogP contribution in [-0.4, -0.2) is 10.5 Å². The third-order valence-corrected chi connectivity index (χ3v) is 4.02. The summed E-state index contributed by atoms with van der Waals surface area (Å²) in [6.45, 7) is -0.106. The van der Waals surface area contributed by atoms with Gasteiger partial charge in [0.05, 0.1) is 11.6 Å². The Bertz CT molecular complexity index is 1030. The Balaban J connectivity index is 1.79. The SMILES string of the molecule is N#Cc1ccc(-c2ccc(=O)n(CC(=O)Nc3ccc(Cl)cc3)c2)cc1. The van der Waals surface area contributed by atoms with Gasteiger partial charge in [0.1, 0.15) is 6.54 Å². The molecule has 0 atom stereocenters. The van der Waals surface area contributed by atoms with Crippen LogP contribution < -0.4 is 10.9 Å². The van der Waals surface area contributed by atoms with Crippen LogP contribution in [0.1, 0.15) is 5.56 Å². The number of nitrogens with zero attached hydrogens (tertiary/aromatic N) is 2. The van der Waals surface area contributed by atoms with E-state index in [0.29, 0.717) is 16.3 Å². The number of halogens is 1. The van der Waals surface area contributed by atoms with E-state index in [4.69, 9.17) is 16.9 Å². The van der Waals surface area contributed by atoms with E-state index in [1.165, 1.54) is 10.6 Å². The lowest BCUT2D eigenvalue weighted by atomic mass is 10.1. The van der Waals surface area contributed by atoms with Gasteiger partial charge in [-0.2, -0.15) is 5.26 Å². The number of amides is 1. The first kappa shape index (κ1) is 17.5. The number of hydrogen-bond acceptors (Lipinski definition) is 3. The third-order valence-electron chi connectivity index (χ3n) is 3.77. The molecule has 3 aromatic rings. The van der Waals surface area contributed by atoms with E-state index in [1.54, 1.807) is 60.8 Å². The van der Waals surface area contributed by atoms with Crippen LogP contribution in [0.2, 0.25) is 5.02 Å². The fourth-order valence-electron chi connectivity index (χ4n) is 2.45. The van der Waals surface area contributed by atoms with Crippen molar-refractivity contribution in [2.75, 3.05) is 5.32 Å². The average Bonchev–Trinajstić information content (AvgIpc) is 2.65. The van der Waals surface area contributed by atoms with Gasteiger partial charge in [0.2, 0.25) is 5.91 Å². The Morgan fingerprint density at radius 2 is 1.65 bits per heavy atom. The van der Waals surface area contributed by atoms with Gasteiger partial charge >= 0.3 is 0 Å². The van der Waals surface area contributed by atoms with Gasteiger partial charge in [-0.1, -0.05) is 23.7 Å². The van der Waals surface area contributed by atoms with Gasteiger partial charge in [0.15, 0.2) is 0 Å². The van der Waals surface area contributed by atoms with Crippen molar-refractivity contribution in [2.45, 2.75) is 6.54 Å². The van der Waals surface area contributed by atoms with Crippen molar-refractivity contribution >= 4 is 23.2 Å². The lowest BCUT2D eigenvalue weighted by Gasteiger charge is -2.09. The zero-order chi connectivity index (χ0) is 18.5. The Morgan fingerprint density at radius 1 is 1.00 bits per heavy atom. The molecular weight excluding hydrogens is 350 g/mol. The van der Waals surface area contributed by atoms with E-state index in [-0.39, 0.29) is 18.0 Å². The lowest BCUT2D eigenvalue weighted by molar-refractivity contribution is -0.116. The molecule has 1 N–H and O–H groups in total. The van der Waals surface area contributed by atoms with Crippen LogP contribution in [-0.2, 0) is 11.3 Å². The van der Waals surface area contributed by atoms with Gasteiger partial charge in [-0.05, 0) is 53.6 Å². The zero-order valence-electron chi connectivity index (χ0n) is 13.6. The van der Waals surface area contributed by atoms with Gasteiger partial charge < -0.3 is 9.88 Å². The van der Waals surface area contributed by atoms with Gasteiger partial charge in [0, 0.05) is 23.0 Å². The first-order valence-electron chi connectivity index (χ1n) is 7.81. The number of nitriles is 1. The molecule has 0 unspecified atom stereocenters. The molecule has 0 spiro atoms. The summed E-state index contributed by atoms with van der Waals surface area (Å²) < 4.78 is 1.35. The summed E-state index contributed by atoms with van der Waals surface area (Å²) in [6.07, 6.45) is 1.63. The molecule has 1 heterocycles. The van der Waals surface area contributed by atoms with Crippen LogP contribution in [0.25, 0.3) is 11.1 Å². The molecule has 0 fully saturated rings. The van der Waals surface area contributed by atoms with Gasteiger partial charge in [-0.25, -0.2) is 0 Å². The van der Waals surface area contributed by atoms with Gasteiger partial charge in [-0.15, -0.1) is 0 Å². The largest absolute Gasteiger partial charge is 0.325 e. The lowest BCUT2D eigenvalue weighted by Crippen LogP contribution is -2.26. The minimum absolute atomic E-state index is 0.106. The molecule has 0 bridgehead atoms. The van der Waals surface area contributed by atoms with E-state index in [9.17, 15) is 9.59 Å². The van der Waals surface area contributed by atoms with E-state index in [1.807, 2.05) is 0 Å². The van der Waals surface area contributed by atoms with Crippen LogP contribution >= 0.6 is 11.6 Å². The van der Waals surface area contributed by atoms with E-state index < -0.39 is 0 Å². The fraction of sp³-hybridized carbons (Fsp3) is 0.0500. The van der Waals surface area contributed by atoms with Crippen molar-refractivity contribution in [2.24, 2.45) is 0 Å². The van der Waals surface area contributed by atoms with Crippen LogP contribution in [0, 0.1) is 11.3 Å². The Labute approximate surface area is 155 Å². The highest BCUT2D eigenvalue weighted by atomic mass is 35.5. The molecule has 0 saturated heterocycles. The first-order chi connectivity index (χ1) is 12.5. The van der Waals surface area contributed by atoms with Crippen LogP contribution in [0.3, 0.4) is 0 Å². The number of carbonyl (C=O) groups excluding carboxylic acids is 1. The van der Waals surface area contributed by atoms with Crippen molar-refractivity contribution in [3.8, 4) is 17.2 Å². The van der Waals surface area contributed by atoms with Gasteiger partial charge in [0.25, 0.3) is 5.56 Å². The molecule has 6 heteroatoms. The molecule has 0 aliphatic heterocycles. The highest BCUT2D eigenvalue weighted by Crippen LogP contribution is 2.18. The van der Waals surface area contributed by atoms with E-state index in [2.05, 4.69) is 11.4 Å². The van der Waals surface area contributed by atoms with Crippen molar-refractivity contribution in [1.29, 1.82) is 5.26 Å². The first-order valence-corrected chi connectivity index (χ1v) is 8.19. The van der Waals surface area contributed by atoms with Crippen molar-refractivity contribution in [3.63, 3.8) is 0 Å². The van der Waals surface area contributed by atoms with Crippen molar-refractivity contribution in [1.82, 2.24) is 4.57 Å². The molecule has 2 aromatic carbocycles. The summed E-state index contributed by atoms with van der Waals surface area (Å²) in [4.78, 5) is 24.3. The molecule has 0 radical (unpaired) electrons. The molecule has 5 nitrogen and oxygen atoms in total. The second-order valence-corrected chi connectivity index (χ2v) is 6.06. The maximum atomic E-state index is 12.2. The smallest absolute Gasteiger partial charge is 0.251 e. The summed E-state index contributed by atoms with van der Waals surface area (Å²) in [5.41, 5.74) is 2.54. The zero-order valence-corrected chi connectivity index (χ0v) is 14.4. The summed E-state index contributed by atoms with van der Waals surface area (Å²) in [7, 11) is 0. The highest BCUT2D eigenvalue weighted by Gasteiger charge is 2.07. The normalized spacial score (nSPS) is 10.2. The monoisotopic (exact) mass is 363 g/mol. The molecule has 0 aliphatic rings. The van der Waals surface area contributed by atoms with Crippen molar-refractivity contribution < 1.29 is 4.79 Å². The maximum Gasteiger partial charge on any atom is 0.251 e. The maximum absolute atomic E-state index is 12.2. The molecule has 0 saturated carbocycles. The van der Waals surface area contributed by atoms with E-state index in [0.717, 1.165) is 11.1 Å². The number of rotatable bonds is 4. The minimum Gasteiger partial charge on any atom is -0.325 e. The molecular formula is C20H14ClN3O2. The number of benzene rings is 2. The Kier molecular flexibility index (Phi) is 5.16. The number of aromatic nitrogens is 1. The fourth-order valence-corrected chi connectivity index (χ4v) is 2.58. The number of anilines is 1. The second-order valence-electron chi connectivity index (χ2n) is 5.63. The van der Waals surface area contributed by atoms with Crippen LogP contribution in [0.15, 0.2) is 71.7 Å². The quantitative estimate of drug-likeness (QED) is 0.768. The molecule has 26 heavy (non-hydrogen) atoms. The van der Waals surface area contributed by atoms with E-state index >= 15 is 0 Å². The van der Waals surface area contributed by atoms with Crippen molar-refractivity contribution in [3.05, 3.63) is 87.8 Å². The highest BCUT2D eigenvalue weighted by molar-refractivity contribution is 6.30. The number of carbonyl (C=O) groups is 1. The summed E-state index contributed by atoms with van der Waals surface area (Å²) in [6, 6.07) is 18.9. The second kappa shape index (κ2) is 7.68. The summed E-state index contributed by atoms with van der Waals surface area (Å²) >= 11 is 5.82. The standard InChI is InChI=1S/C20H14ClN3O2/c21-17-6-8-18(9-7-17)23-19(25)13-24-12-16(5-10-20(24)26)15-3-1-14(11-22)2-4-15/h1-10,12H,13H2,(H,23,25). The minimum atomic E-state index is -0.314. The topological polar surface area (TPSA) is 74.9 Å². The van der Waals surface area contributed by atoms with Gasteiger partial charge in [-0.3, -0.25) is 9.59 Å². The molecule has 3 rings (SSSR count). The summed E-state index contributed by atoms with van der Waals surface area (Å²) in [5.74, 6) is -0.314. The number of hydrogen-bond donors (Lipinski definition) is 1. The number of nitrogens with one attached hydrogen (secondary N) is 1. The number of pyridine rings is 1. The average molecular weight is 364 g/mol. The van der Waals surface area contributed by atoms with Crippen LogP contribution in [0.5, 0.6) is 0 Å². The summed E-state index contributed by atoms with van der Waals surface area (Å²) in [5, 5.41) is 12.2. The van der Waals surface area contributed by atoms with Crippen LogP contribution in [0.4, 0.5) is 5.69 Å². The Hall–Kier alpha value is -3.36. The predicted molar refractivity (Wildman–Crippen MR) is 101 cm³/mol. The molecule has 1 aromatic heterocycles. The Morgan fingerprint density at radius 3 is 2.31 bits per heavy atom. The molecule has 128 valence electrons. The third kappa shape index (κ3) is 4.18.